The van der Waals surface area contributed by atoms with Gasteiger partial charge in [-0.3, -0.25) is 9.59 Å². The van der Waals surface area contributed by atoms with Gasteiger partial charge in [0.2, 0.25) is 11.8 Å². The fourth-order valence-corrected chi connectivity index (χ4v) is 4.28. The summed E-state index contributed by atoms with van der Waals surface area (Å²) >= 11 is 0. The van der Waals surface area contributed by atoms with E-state index in [1.54, 1.807) is 0 Å². The Bertz CT molecular complexity index is 734. The maximum Gasteiger partial charge on any atom is 0.223 e. The molecule has 1 heterocycles. The summed E-state index contributed by atoms with van der Waals surface area (Å²) < 4.78 is 0. The number of rotatable bonds is 11. The van der Waals surface area contributed by atoms with E-state index in [-0.39, 0.29) is 23.1 Å². The van der Waals surface area contributed by atoms with Gasteiger partial charge in [0.1, 0.15) is 0 Å². The first-order valence-electron chi connectivity index (χ1n) is 11.7. The Morgan fingerprint density at radius 2 is 1.94 bits per heavy atom. The van der Waals surface area contributed by atoms with Gasteiger partial charge in [-0.2, -0.15) is 0 Å². The van der Waals surface area contributed by atoms with Crippen LogP contribution in [0.4, 0.5) is 0 Å². The quantitative estimate of drug-likeness (QED) is 0.469. The third-order valence-corrected chi connectivity index (χ3v) is 6.27. The van der Waals surface area contributed by atoms with E-state index in [1.165, 1.54) is 11.1 Å². The molecule has 0 saturated carbocycles. The highest BCUT2D eigenvalue weighted by atomic mass is 16.3. The fourth-order valence-electron chi connectivity index (χ4n) is 4.28. The molecule has 6 nitrogen and oxygen atoms in total. The zero-order valence-corrected chi connectivity index (χ0v) is 19.7. The monoisotopic (exact) mass is 431 g/mol. The van der Waals surface area contributed by atoms with Gasteiger partial charge >= 0.3 is 0 Å². The molecule has 2 rings (SSSR count). The highest BCUT2D eigenvalue weighted by molar-refractivity contribution is 5.78. The normalized spacial score (nSPS) is 16.9. The Morgan fingerprint density at radius 1 is 1.26 bits per heavy atom. The Kier molecular flexibility index (Phi) is 9.51. The molecule has 2 amide bonds. The third kappa shape index (κ3) is 7.93. The average molecular weight is 432 g/mol. The Morgan fingerprint density at radius 3 is 2.61 bits per heavy atom. The number of hydrogen-bond acceptors (Lipinski definition) is 4. The lowest BCUT2D eigenvalue weighted by Crippen LogP contribution is -2.43. The van der Waals surface area contributed by atoms with Crippen LogP contribution >= 0.6 is 0 Å². The zero-order chi connectivity index (χ0) is 23.0. The number of aliphatic hydroxyl groups excluding tert-OH is 1. The second-order valence-electron chi connectivity index (χ2n) is 9.89. The van der Waals surface area contributed by atoms with Crippen molar-refractivity contribution >= 4 is 11.8 Å². The van der Waals surface area contributed by atoms with Gasteiger partial charge in [-0.1, -0.05) is 58.4 Å². The average Bonchev–Trinajstić information content (AvgIpc) is 2.72. The lowest BCUT2D eigenvalue weighted by molar-refractivity contribution is -0.134. The highest BCUT2D eigenvalue weighted by Crippen LogP contribution is 2.30. The van der Waals surface area contributed by atoms with Crippen LogP contribution < -0.4 is 11.1 Å². The molecule has 0 unspecified atom stereocenters. The summed E-state index contributed by atoms with van der Waals surface area (Å²) in [4.78, 5) is 27.0. The van der Waals surface area contributed by atoms with Crippen LogP contribution in [0.3, 0.4) is 0 Å². The maximum absolute atomic E-state index is 12.9. The van der Waals surface area contributed by atoms with Crippen molar-refractivity contribution < 1.29 is 14.7 Å². The van der Waals surface area contributed by atoms with Gasteiger partial charge in [0.05, 0.1) is 6.10 Å². The highest BCUT2D eigenvalue weighted by Gasteiger charge is 2.31. The number of carbonyl (C=O) groups is 2. The largest absolute Gasteiger partial charge is 0.391 e. The van der Waals surface area contributed by atoms with Gasteiger partial charge in [-0.15, -0.1) is 0 Å². The lowest BCUT2D eigenvalue weighted by atomic mass is 9.79. The Balaban J connectivity index is 1.82. The van der Waals surface area contributed by atoms with Gasteiger partial charge in [-0.05, 0) is 42.2 Å². The number of aliphatic hydroxyl groups is 1. The molecule has 1 aromatic rings. The van der Waals surface area contributed by atoms with Crippen LogP contribution in [0, 0.1) is 11.3 Å². The molecule has 174 valence electrons. The maximum atomic E-state index is 12.9. The minimum Gasteiger partial charge on any atom is -0.391 e. The van der Waals surface area contributed by atoms with E-state index in [9.17, 15) is 14.7 Å². The van der Waals surface area contributed by atoms with Crippen LogP contribution in [0.5, 0.6) is 0 Å². The fraction of sp³-hybridized carbons (Fsp3) is 0.680. The van der Waals surface area contributed by atoms with Crippen molar-refractivity contribution in [2.75, 3.05) is 13.1 Å². The molecule has 0 spiro atoms. The van der Waals surface area contributed by atoms with Crippen molar-refractivity contribution in [2.45, 2.75) is 84.9 Å². The number of nitrogens with two attached hydrogens (primary N) is 1. The smallest absolute Gasteiger partial charge is 0.223 e. The van der Waals surface area contributed by atoms with Gasteiger partial charge in [0.15, 0.2) is 0 Å². The summed E-state index contributed by atoms with van der Waals surface area (Å²) in [6.45, 7) is 10.0. The number of amides is 2. The van der Waals surface area contributed by atoms with Gasteiger partial charge in [-0.25, -0.2) is 0 Å². The lowest BCUT2D eigenvalue weighted by Gasteiger charge is -2.34. The summed E-state index contributed by atoms with van der Waals surface area (Å²) in [6.07, 6.45) is 3.33. The predicted molar refractivity (Wildman–Crippen MR) is 124 cm³/mol. The molecule has 0 fully saturated rings. The van der Waals surface area contributed by atoms with E-state index in [1.807, 2.05) is 37.8 Å². The van der Waals surface area contributed by atoms with Crippen molar-refractivity contribution in [3.63, 3.8) is 0 Å². The molecule has 0 radical (unpaired) electrons. The zero-order valence-electron chi connectivity index (χ0n) is 19.7. The number of carbonyl (C=O) groups excluding carboxylic acids is 2. The van der Waals surface area contributed by atoms with Crippen LogP contribution in [0.2, 0.25) is 0 Å². The SMILES string of the molecule is CCCCNC(=O)[C@H](C)C[C@H](O)[C@@H](N)CC(C)(C)CC(=O)N1CCc2ccccc2C1. The first-order valence-corrected chi connectivity index (χ1v) is 11.7. The number of nitrogens with one attached hydrogen (secondary N) is 1. The first-order chi connectivity index (χ1) is 14.6. The van der Waals surface area contributed by atoms with Crippen molar-refractivity contribution in [3.8, 4) is 0 Å². The molecule has 1 aliphatic rings. The van der Waals surface area contributed by atoms with Crippen molar-refractivity contribution in [1.82, 2.24) is 10.2 Å². The molecular formula is C25H41N3O3. The molecule has 31 heavy (non-hydrogen) atoms. The number of benzene rings is 1. The minimum atomic E-state index is -0.775. The molecule has 1 aliphatic heterocycles. The van der Waals surface area contributed by atoms with E-state index >= 15 is 0 Å². The second-order valence-corrected chi connectivity index (χ2v) is 9.89. The first kappa shape index (κ1) is 25.3. The molecule has 6 heteroatoms. The third-order valence-electron chi connectivity index (χ3n) is 6.27. The van der Waals surface area contributed by atoms with Gasteiger partial charge in [0.25, 0.3) is 0 Å². The van der Waals surface area contributed by atoms with E-state index < -0.39 is 12.1 Å². The number of fused-ring (bicyclic) bond motifs is 1. The van der Waals surface area contributed by atoms with Crippen LogP contribution in [-0.2, 0) is 22.6 Å². The minimum absolute atomic E-state index is 0.0421. The van der Waals surface area contributed by atoms with Crippen LogP contribution in [0.25, 0.3) is 0 Å². The van der Waals surface area contributed by atoms with E-state index in [0.29, 0.717) is 32.4 Å². The Hall–Kier alpha value is -1.92. The van der Waals surface area contributed by atoms with Crippen LogP contribution in [0.1, 0.15) is 70.9 Å². The number of hydrogen-bond donors (Lipinski definition) is 3. The molecule has 0 bridgehead atoms. The summed E-state index contributed by atoms with van der Waals surface area (Å²) in [5.41, 5.74) is 8.50. The van der Waals surface area contributed by atoms with Crippen molar-refractivity contribution in [1.29, 1.82) is 0 Å². The molecule has 4 N–H and O–H groups in total. The molecule has 0 aromatic heterocycles. The molecule has 3 atom stereocenters. The molecule has 1 aromatic carbocycles. The second kappa shape index (κ2) is 11.6. The van der Waals surface area contributed by atoms with Crippen molar-refractivity contribution in [2.24, 2.45) is 17.1 Å². The number of nitrogens with zero attached hydrogens (tertiary/aromatic N) is 1. The van der Waals surface area contributed by atoms with Gasteiger partial charge < -0.3 is 21.1 Å². The summed E-state index contributed by atoms with van der Waals surface area (Å²) in [7, 11) is 0. The predicted octanol–water partition coefficient (Wildman–Crippen LogP) is 3.01. The summed E-state index contributed by atoms with van der Waals surface area (Å²) in [5, 5.41) is 13.5. The van der Waals surface area contributed by atoms with Crippen LogP contribution in [-0.4, -0.2) is 47.1 Å². The van der Waals surface area contributed by atoms with E-state index in [2.05, 4.69) is 24.4 Å². The Labute approximate surface area is 187 Å². The van der Waals surface area contributed by atoms with Crippen molar-refractivity contribution in [3.05, 3.63) is 35.4 Å². The van der Waals surface area contributed by atoms with E-state index in [4.69, 9.17) is 5.73 Å². The van der Waals surface area contributed by atoms with Gasteiger partial charge in [0, 0.05) is 38.0 Å². The number of unbranched alkanes of at least 4 members (excludes halogenated alkanes) is 1. The van der Waals surface area contributed by atoms with Crippen LogP contribution in [0.15, 0.2) is 24.3 Å². The topological polar surface area (TPSA) is 95.7 Å². The molecular weight excluding hydrogens is 390 g/mol. The molecule has 0 aliphatic carbocycles. The summed E-state index contributed by atoms with van der Waals surface area (Å²) in [5.74, 6) is -0.208. The standard InChI is InChI=1S/C25H41N3O3/c1-5-6-12-27-24(31)18(2)14-22(29)21(26)15-25(3,4)16-23(30)28-13-11-19-9-7-8-10-20(19)17-28/h7-10,18,21-22,29H,5-6,11-17,26H2,1-4H3,(H,27,31)/t18-,21+,22+/m1/s1. The molecule has 0 saturated heterocycles. The summed E-state index contributed by atoms with van der Waals surface area (Å²) in [6, 6.07) is 7.80. The van der Waals surface area contributed by atoms with E-state index in [0.717, 1.165) is 25.8 Å².